The SMILES string of the molecule is C1CCN(C2C[N]CCO2)C1. The molecular formula is C8H15N2O. The Morgan fingerprint density at radius 1 is 1.27 bits per heavy atom. The molecule has 2 fully saturated rings. The van der Waals surface area contributed by atoms with Gasteiger partial charge >= 0.3 is 0 Å². The molecule has 1 unspecified atom stereocenters. The lowest BCUT2D eigenvalue weighted by molar-refractivity contribution is -0.0664. The molecule has 0 N–H and O–H groups in total. The van der Waals surface area contributed by atoms with Crippen LogP contribution < -0.4 is 5.32 Å². The first-order valence-corrected chi connectivity index (χ1v) is 4.46. The Kier molecular flexibility index (Phi) is 2.41. The van der Waals surface area contributed by atoms with Gasteiger partial charge < -0.3 is 4.74 Å². The molecule has 0 aliphatic carbocycles. The van der Waals surface area contributed by atoms with Crippen LogP contribution in [-0.4, -0.2) is 43.9 Å². The molecule has 0 amide bonds. The van der Waals surface area contributed by atoms with Gasteiger partial charge in [-0.05, 0) is 12.8 Å². The molecule has 2 saturated heterocycles. The summed E-state index contributed by atoms with van der Waals surface area (Å²) in [6.07, 6.45) is 2.98. The second-order valence-electron chi connectivity index (χ2n) is 3.20. The maximum Gasteiger partial charge on any atom is 0.124 e. The van der Waals surface area contributed by atoms with E-state index in [4.69, 9.17) is 4.74 Å². The first-order valence-electron chi connectivity index (χ1n) is 4.46. The van der Waals surface area contributed by atoms with Crippen molar-refractivity contribution >= 4 is 0 Å². The number of likely N-dealkylation sites (tertiary alicyclic amines) is 1. The molecule has 11 heavy (non-hydrogen) atoms. The number of hydrogen-bond donors (Lipinski definition) is 0. The summed E-state index contributed by atoms with van der Waals surface area (Å²) in [6.45, 7) is 5.02. The van der Waals surface area contributed by atoms with Crippen LogP contribution in [0.15, 0.2) is 0 Å². The lowest BCUT2D eigenvalue weighted by Gasteiger charge is -2.30. The molecule has 2 aliphatic heterocycles. The van der Waals surface area contributed by atoms with E-state index in [0.717, 1.165) is 19.7 Å². The summed E-state index contributed by atoms with van der Waals surface area (Å²) in [5.74, 6) is 0. The minimum absolute atomic E-state index is 0.311. The molecule has 1 radical (unpaired) electrons. The average molecular weight is 155 g/mol. The van der Waals surface area contributed by atoms with Crippen LogP contribution >= 0.6 is 0 Å². The summed E-state index contributed by atoms with van der Waals surface area (Å²) in [6, 6.07) is 0. The third-order valence-electron chi connectivity index (χ3n) is 2.39. The van der Waals surface area contributed by atoms with Crippen molar-refractivity contribution in [3.8, 4) is 0 Å². The van der Waals surface area contributed by atoms with Crippen LogP contribution in [0.2, 0.25) is 0 Å². The highest BCUT2D eigenvalue weighted by molar-refractivity contribution is 4.73. The smallest absolute Gasteiger partial charge is 0.124 e. The predicted octanol–water partition coefficient (Wildman–Crippen LogP) is 0.0429. The molecule has 63 valence electrons. The van der Waals surface area contributed by atoms with Gasteiger partial charge in [0.05, 0.1) is 13.2 Å². The fraction of sp³-hybridized carbons (Fsp3) is 1.00. The van der Waals surface area contributed by atoms with Crippen LogP contribution in [-0.2, 0) is 4.74 Å². The highest BCUT2D eigenvalue weighted by atomic mass is 16.5. The van der Waals surface area contributed by atoms with Crippen LogP contribution in [0.4, 0.5) is 0 Å². The monoisotopic (exact) mass is 155 g/mol. The molecule has 0 aromatic heterocycles. The summed E-state index contributed by atoms with van der Waals surface area (Å²) < 4.78 is 5.59. The van der Waals surface area contributed by atoms with E-state index in [1.165, 1.54) is 25.9 Å². The van der Waals surface area contributed by atoms with Crippen molar-refractivity contribution < 1.29 is 4.74 Å². The summed E-state index contributed by atoms with van der Waals surface area (Å²) in [5.41, 5.74) is 0. The lowest BCUT2D eigenvalue weighted by atomic mass is 10.4. The normalized spacial score (nSPS) is 34.4. The van der Waals surface area contributed by atoms with Crippen LogP contribution in [0.3, 0.4) is 0 Å². The van der Waals surface area contributed by atoms with E-state index >= 15 is 0 Å². The minimum atomic E-state index is 0.311. The van der Waals surface area contributed by atoms with Crippen molar-refractivity contribution in [2.45, 2.75) is 19.1 Å². The van der Waals surface area contributed by atoms with E-state index < -0.39 is 0 Å². The Morgan fingerprint density at radius 2 is 2.09 bits per heavy atom. The molecule has 3 heteroatoms. The maximum atomic E-state index is 5.59. The molecular weight excluding hydrogens is 140 g/mol. The van der Waals surface area contributed by atoms with E-state index in [0.29, 0.717) is 6.23 Å². The van der Waals surface area contributed by atoms with Gasteiger partial charge in [0.25, 0.3) is 0 Å². The molecule has 0 saturated carbocycles. The number of rotatable bonds is 1. The largest absolute Gasteiger partial charge is 0.360 e. The molecule has 0 spiro atoms. The number of nitrogens with zero attached hydrogens (tertiary/aromatic N) is 2. The Hall–Kier alpha value is -0.120. The van der Waals surface area contributed by atoms with Crippen molar-refractivity contribution in [1.29, 1.82) is 0 Å². The molecule has 0 aromatic rings. The van der Waals surface area contributed by atoms with Gasteiger partial charge in [-0.1, -0.05) is 0 Å². The lowest BCUT2D eigenvalue weighted by Crippen LogP contribution is -2.45. The maximum absolute atomic E-state index is 5.59. The van der Waals surface area contributed by atoms with E-state index in [1.807, 2.05) is 0 Å². The zero-order chi connectivity index (χ0) is 7.52. The number of ether oxygens (including phenoxy) is 1. The molecule has 2 rings (SSSR count). The van der Waals surface area contributed by atoms with E-state index in [1.54, 1.807) is 0 Å². The van der Waals surface area contributed by atoms with Crippen LogP contribution in [0.1, 0.15) is 12.8 Å². The molecule has 3 nitrogen and oxygen atoms in total. The third-order valence-corrected chi connectivity index (χ3v) is 2.39. The van der Waals surface area contributed by atoms with Gasteiger partial charge in [-0.3, -0.25) is 4.90 Å². The molecule has 0 bridgehead atoms. The molecule has 0 aromatic carbocycles. The van der Waals surface area contributed by atoms with Crippen LogP contribution in [0.5, 0.6) is 0 Å². The average Bonchev–Trinajstić information content (AvgIpc) is 2.58. The Morgan fingerprint density at radius 3 is 2.73 bits per heavy atom. The summed E-state index contributed by atoms with van der Waals surface area (Å²) >= 11 is 0. The zero-order valence-corrected chi connectivity index (χ0v) is 6.83. The summed E-state index contributed by atoms with van der Waals surface area (Å²) in [7, 11) is 0. The molecule has 2 aliphatic rings. The van der Waals surface area contributed by atoms with E-state index in [9.17, 15) is 0 Å². The Balaban J connectivity index is 1.82. The van der Waals surface area contributed by atoms with Gasteiger partial charge in [0.15, 0.2) is 0 Å². The first-order chi connectivity index (χ1) is 5.47. The van der Waals surface area contributed by atoms with Gasteiger partial charge in [-0.15, -0.1) is 0 Å². The molecule has 1 atom stereocenters. The highest BCUT2D eigenvalue weighted by Gasteiger charge is 2.24. The van der Waals surface area contributed by atoms with Crippen LogP contribution in [0.25, 0.3) is 0 Å². The fourth-order valence-electron chi connectivity index (χ4n) is 1.76. The second kappa shape index (κ2) is 3.52. The fourth-order valence-corrected chi connectivity index (χ4v) is 1.76. The van der Waals surface area contributed by atoms with Gasteiger partial charge in [0, 0.05) is 19.6 Å². The van der Waals surface area contributed by atoms with Crippen molar-refractivity contribution in [2.75, 3.05) is 32.8 Å². The van der Waals surface area contributed by atoms with E-state index in [2.05, 4.69) is 10.2 Å². The number of morpholine rings is 1. The van der Waals surface area contributed by atoms with Gasteiger partial charge in [-0.2, -0.15) is 0 Å². The van der Waals surface area contributed by atoms with E-state index in [-0.39, 0.29) is 0 Å². The summed E-state index contributed by atoms with van der Waals surface area (Å²) in [4.78, 5) is 2.41. The first kappa shape index (κ1) is 7.53. The third kappa shape index (κ3) is 1.72. The Labute approximate surface area is 67.7 Å². The topological polar surface area (TPSA) is 26.6 Å². The Bertz CT molecular complexity index is 117. The van der Waals surface area contributed by atoms with Crippen molar-refractivity contribution in [3.63, 3.8) is 0 Å². The van der Waals surface area contributed by atoms with Crippen molar-refractivity contribution in [3.05, 3.63) is 0 Å². The minimum Gasteiger partial charge on any atom is -0.360 e. The standard InChI is InChI=1S/C8H15N2O/c1-2-5-10(4-1)8-7-9-3-6-11-8/h8H,1-7H2. The van der Waals surface area contributed by atoms with Crippen molar-refractivity contribution in [2.24, 2.45) is 0 Å². The summed E-state index contributed by atoms with van der Waals surface area (Å²) in [5, 5.41) is 4.34. The number of hydrogen-bond acceptors (Lipinski definition) is 2. The van der Waals surface area contributed by atoms with Gasteiger partial charge in [-0.25, -0.2) is 5.32 Å². The predicted molar refractivity (Wildman–Crippen MR) is 42.4 cm³/mol. The molecule has 2 heterocycles. The van der Waals surface area contributed by atoms with Crippen LogP contribution in [0, 0.1) is 0 Å². The van der Waals surface area contributed by atoms with Gasteiger partial charge in [0.2, 0.25) is 0 Å². The second-order valence-corrected chi connectivity index (χ2v) is 3.20. The van der Waals surface area contributed by atoms with Gasteiger partial charge in [0.1, 0.15) is 6.23 Å². The highest BCUT2D eigenvalue weighted by Crippen LogP contribution is 2.13. The quantitative estimate of drug-likeness (QED) is 0.534. The van der Waals surface area contributed by atoms with Crippen molar-refractivity contribution in [1.82, 2.24) is 10.2 Å². The zero-order valence-electron chi connectivity index (χ0n) is 6.83.